The van der Waals surface area contributed by atoms with Crippen molar-refractivity contribution in [3.05, 3.63) is 81.0 Å². The second kappa shape index (κ2) is 9.28. The minimum absolute atomic E-state index is 0.0173. The van der Waals surface area contributed by atoms with Crippen molar-refractivity contribution in [2.24, 2.45) is 0 Å². The Balaban J connectivity index is 1.79. The zero-order valence-electron chi connectivity index (χ0n) is 17.1. The first-order chi connectivity index (χ1) is 15.4. The van der Waals surface area contributed by atoms with Crippen molar-refractivity contribution >= 4 is 40.7 Å². The first-order valence-electron chi connectivity index (χ1n) is 9.94. The molecule has 2 aromatic carbocycles. The molecule has 1 atom stereocenters. The van der Waals surface area contributed by atoms with Crippen LogP contribution < -0.4 is 10.6 Å². The monoisotopic (exact) mass is 475 g/mol. The molecule has 3 aromatic rings. The van der Waals surface area contributed by atoms with Gasteiger partial charge in [-0.3, -0.25) is 4.79 Å². The maximum Gasteiger partial charge on any atom is 0.255 e. The fourth-order valence-electron chi connectivity index (χ4n) is 3.58. The van der Waals surface area contributed by atoms with E-state index in [0.29, 0.717) is 57.2 Å². The van der Waals surface area contributed by atoms with Crippen LogP contribution in [0.4, 0.5) is 16.0 Å². The second-order valence-electron chi connectivity index (χ2n) is 7.29. The lowest BCUT2D eigenvalue weighted by Crippen LogP contribution is -2.31. The van der Waals surface area contributed by atoms with E-state index in [1.54, 1.807) is 29.8 Å². The average molecular weight is 476 g/mol. The number of hydrogen-bond acceptors (Lipinski definition) is 5. The Hall–Kier alpha value is -2.94. The molecule has 4 rings (SSSR count). The van der Waals surface area contributed by atoms with Crippen LogP contribution in [0.5, 0.6) is 0 Å². The van der Waals surface area contributed by atoms with Crippen molar-refractivity contribution in [1.82, 2.24) is 14.8 Å². The van der Waals surface area contributed by atoms with Crippen LogP contribution in [0.2, 0.25) is 10.0 Å². The number of amides is 1. The summed E-state index contributed by atoms with van der Waals surface area (Å²) in [6.07, 6.45) is 0.987. The van der Waals surface area contributed by atoms with Crippen LogP contribution in [0.15, 0.2) is 53.7 Å². The van der Waals surface area contributed by atoms with Crippen LogP contribution in [0.25, 0.3) is 0 Å². The minimum Gasteiger partial charge on any atom is -0.396 e. The van der Waals surface area contributed by atoms with Gasteiger partial charge in [0.1, 0.15) is 11.9 Å². The Morgan fingerprint density at radius 1 is 1.25 bits per heavy atom. The molecule has 0 radical (unpaired) electrons. The Labute approximate surface area is 193 Å². The highest BCUT2D eigenvalue weighted by Crippen LogP contribution is 2.40. The molecule has 1 aliphatic rings. The zero-order valence-corrected chi connectivity index (χ0v) is 18.6. The Bertz CT molecular complexity index is 1190. The minimum atomic E-state index is -0.701. The van der Waals surface area contributed by atoms with Crippen LogP contribution in [-0.2, 0) is 11.2 Å². The lowest BCUT2D eigenvalue weighted by Gasteiger charge is -2.29. The number of fused-ring (bicyclic) bond motifs is 1. The summed E-state index contributed by atoms with van der Waals surface area (Å²) in [6.45, 7) is 1.78. The van der Waals surface area contributed by atoms with Gasteiger partial charge in [-0.1, -0.05) is 35.3 Å². The molecule has 7 nitrogen and oxygen atoms in total. The van der Waals surface area contributed by atoms with E-state index in [1.807, 2.05) is 0 Å². The van der Waals surface area contributed by atoms with Crippen LogP contribution in [-0.4, -0.2) is 32.4 Å². The number of allylic oxidation sites excluding steroid dienone is 1. The predicted octanol–water partition coefficient (Wildman–Crippen LogP) is 4.58. The maximum absolute atomic E-state index is 13.4. The molecule has 0 aliphatic carbocycles. The second-order valence-corrected chi connectivity index (χ2v) is 8.08. The number of hydrogen-bond donors (Lipinski definition) is 3. The summed E-state index contributed by atoms with van der Waals surface area (Å²) in [6, 6.07) is 9.99. The van der Waals surface area contributed by atoms with Crippen molar-refractivity contribution in [3.8, 4) is 0 Å². The average Bonchev–Trinajstić information content (AvgIpc) is 3.17. The van der Waals surface area contributed by atoms with Crippen LogP contribution in [0.1, 0.15) is 30.8 Å². The van der Waals surface area contributed by atoms with Gasteiger partial charge in [0, 0.05) is 30.0 Å². The van der Waals surface area contributed by atoms with Crippen molar-refractivity contribution in [2.45, 2.75) is 25.8 Å². The van der Waals surface area contributed by atoms with E-state index in [9.17, 15) is 9.18 Å². The number of carbonyl (C=O) groups excluding carboxylic acids is 1. The molecular formula is C22H20Cl2FN5O2. The summed E-state index contributed by atoms with van der Waals surface area (Å²) in [5.74, 6) is 0.178. The number of halogens is 3. The molecule has 1 aliphatic heterocycles. The number of aromatic nitrogens is 3. The molecule has 166 valence electrons. The SMILES string of the molecule is CC1=C(C(=O)Nc2ccc(F)cc2)[C@@H](c2cccc(Cl)c2Cl)n2nc(CCCO)nc2N1. The summed E-state index contributed by atoms with van der Waals surface area (Å²) in [5, 5.41) is 20.3. The van der Waals surface area contributed by atoms with E-state index < -0.39 is 17.8 Å². The van der Waals surface area contributed by atoms with Gasteiger partial charge in [0.25, 0.3) is 5.91 Å². The lowest BCUT2D eigenvalue weighted by atomic mass is 9.95. The summed E-state index contributed by atoms with van der Waals surface area (Å²) in [7, 11) is 0. The van der Waals surface area contributed by atoms with Crippen molar-refractivity contribution in [3.63, 3.8) is 0 Å². The smallest absolute Gasteiger partial charge is 0.255 e. The van der Waals surface area contributed by atoms with E-state index in [0.717, 1.165) is 0 Å². The summed E-state index contributed by atoms with van der Waals surface area (Å²) >= 11 is 12.8. The quantitative estimate of drug-likeness (QED) is 0.485. The molecule has 0 saturated carbocycles. The molecule has 1 aromatic heterocycles. The Morgan fingerprint density at radius 2 is 2.00 bits per heavy atom. The summed E-state index contributed by atoms with van der Waals surface area (Å²) in [4.78, 5) is 17.9. The molecule has 0 bridgehead atoms. The standard InChI is InChI=1S/C22H20Cl2FN5O2/c1-12-18(21(32)27-14-9-7-13(25)8-10-14)20(15-4-2-5-16(23)19(15)24)30-22(26-12)28-17(29-30)6-3-11-31/h2,4-5,7-10,20,31H,3,6,11H2,1H3,(H,27,32)(H,26,28,29)/t20-/m1/s1. The molecule has 32 heavy (non-hydrogen) atoms. The molecule has 0 saturated heterocycles. The number of aliphatic hydroxyl groups is 1. The number of benzene rings is 2. The van der Waals surface area contributed by atoms with Gasteiger partial charge in [0.2, 0.25) is 5.95 Å². The fourth-order valence-corrected chi connectivity index (χ4v) is 3.99. The van der Waals surface area contributed by atoms with E-state index >= 15 is 0 Å². The predicted molar refractivity (Wildman–Crippen MR) is 121 cm³/mol. The van der Waals surface area contributed by atoms with Gasteiger partial charge in [0.15, 0.2) is 5.82 Å². The Kier molecular flexibility index (Phi) is 6.45. The highest BCUT2D eigenvalue weighted by molar-refractivity contribution is 6.42. The highest BCUT2D eigenvalue weighted by Gasteiger charge is 2.35. The number of rotatable bonds is 6. The van der Waals surface area contributed by atoms with Gasteiger partial charge >= 0.3 is 0 Å². The topological polar surface area (TPSA) is 92.1 Å². The van der Waals surface area contributed by atoms with Gasteiger partial charge in [-0.25, -0.2) is 9.07 Å². The van der Waals surface area contributed by atoms with Crippen molar-refractivity contribution < 1.29 is 14.3 Å². The number of aryl methyl sites for hydroxylation is 1. The van der Waals surface area contributed by atoms with Gasteiger partial charge in [-0.15, -0.1) is 0 Å². The van der Waals surface area contributed by atoms with Crippen LogP contribution in [0, 0.1) is 5.82 Å². The lowest BCUT2D eigenvalue weighted by molar-refractivity contribution is -0.113. The van der Waals surface area contributed by atoms with Gasteiger partial charge < -0.3 is 15.7 Å². The first-order valence-corrected chi connectivity index (χ1v) is 10.7. The zero-order chi connectivity index (χ0) is 22.8. The van der Waals surface area contributed by atoms with E-state index in [1.165, 1.54) is 24.3 Å². The number of aliphatic hydroxyl groups excluding tert-OH is 1. The number of carbonyl (C=O) groups is 1. The third-order valence-electron chi connectivity index (χ3n) is 5.08. The number of nitrogens with zero attached hydrogens (tertiary/aromatic N) is 3. The van der Waals surface area contributed by atoms with Crippen molar-refractivity contribution in [1.29, 1.82) is 0 Å². The van der Waals surface area contributed by atoms with E-state index in [2.05, 4.69) is 20.7 Å². The molecule has 0 fully saturated rings. The van der Waals surface area contributed by atoms with Crippen LogP contribution in [0.3, 0.4) is 0 Å². The molecule has 10 heteroatoms. The normalized spacial score (nSPS) is 15.3. The van der Waals surface area contributed by atoms with Gasteiger partial charge in [-0.2, -0.15) is 10.1 Å². The fraction of sp³-hybridized carbons (Fsp3) is 0.227. The highest BCUT2D eigenvalue weighted by atomic mass is 35.5. The molecule has 2 heterocycles. The molecule has 0 unspecified atom stereocenters. The summed E-state index contributed by atoms with van der Waals surface area (Å²) in [5.41, 5.74) is 1.97. The van der Waals surface area contributed by atoms with Crippen molar-refractivity contribution in [2.75, 3.05) is 17.2 Å². The molecule has 1 amide bonds. The summed E-state index contributed by atoms with van der Waals surface area (Å²) < 4.78 is 14.9. The maximum atomic E-state index is 13.4. The van der Waals surface area contributed by atoms with Gasteiger partial charge in [0.05, 0.1) is 15.6 Å². The number of nitrogens with one attached hydrogen (secondary N) is 2. The van der Waals surface area contributed by atoms with Crippen LogP contribution >= 0.6 is 23.2 Å². The van der Waals surface area contributed by atoms with Gasteiger partial charge in [-0.05, 0) is 43.7 Å². The largest absolute Gasteiger partial charge is 0.396 e. The number of anilines is 2. The van der Waals surface area contributed by atoms with E-state index in [-0.39, 0.29) is 6.61 Å². The molecule has 3 N–H and O–H groups in total. The third-order valence-corrected chi connectivity index (χ3v) is 5.91. The Morgan fingerprint density at radius 3 is 2.72 bits per heavy atom. The third kappa shape index (κ3) is 4.34. The molecule has 0 spiro atoms. The van der Waals surface area contributed by atoms with E-state index in [4.69, 9.17) is 28.3 Å². The first kappa shape index (κ1) is 22.3. The molecular weight excluding hydrogens is 456 g/mol.